The molecule has 1 amide bonds. The minimum atomic E-state index is -0.408. The fourth-order valence-corrected chi connectivity index (χ4v) is 2.61. The lowest BCUT2D eigenvalue weighted by Crippen LogP contribution is -2.28. The Labute approximate surface area is 117 Å². The van der Waals surface area contributed by atoms with E-state index in [1.54, 1.807) is 19.2 Å². The lowest BCUT2D eigenvalue weighted by atomic mass is 9.98. The van der Waals surface area contributed by atoms with Crippen molar-refractivity contribution < 1.29 is 13.9 Å². The Kier molecular flexibility index (Phi) is 4.77. The molecule has 0 aliphatic carbocycles. The third-order valence-corrected chi connectivity index (χ3v) is 3.66. The second kappa shape index (κ2) is 6.35. The molecule has 0 radical (unpaired) electrons. The number of amides is 1. The summed E-state index contributed by atoms with van der Waals surface area (Å²) in [5.74, 6) is 0.0239. The number of carbonyl (C=O) groups is 1. The number of nitrogens with zero attached hydrogens (tertiary/aromatic N) is 1. The maximum atomic E-state index is 13.1. The van der Waals surface area contributed by atoms with Crippen LogP contribution in [0.5, 0.6) is 0 Å². The SMILES string of the molecule is COCCN1CC(Cc2ccc(F)c(Cl)c2)CC1=O. The van der Waals surface area contributed by atoms with Crippen molar-refractivity contribution in [3.05, 3.63) is 34.6 Å². The third-order valence-electron chi connectivity index (χ3n) is 3.37. The van der Waals surface area contributed by atoms with E-state index in [1.807, 2.05) is 4.90 Å². The Bertz CT molecular complexity index is 467. The molecule has 1 atom stereocenters. The Morgan fingerprint density at radius 2 is 2.32 bits per heavy atom. The highest BCUT2D eigenvalue weighted by Crippen LogP contribution is 2.24. The van der Waals surface area contributed by atoms with E-state index >= 15 is 0 Å². The second-order valence-corrected chi connectivity index (χ2v) is 5.26. The number of methoxy groups -OCH3 is 1. The highest BCUT2D eigenvalue weighted by Gasteiger charge is 2.29. The van der Waals surface area contributed by atoms with Crippen molar-refractivity contribution in [2.24, 2.45) is 5.92 Å². The number of benzene rings is 1. The zero-order chi connectivity index (χ0) is 13.8. The number of halogens is 2. The van der Waals surface area contributed by atoms with Crippen LogP contribution in [0.1, 0.15) is 12.0 Å². The predicted molar refractivity (Wildman–Crippen MR) is 71.7 cm³/mol. The molecule has 1 fully saturated rings. The topological polar surface area (TPSA) is 29.5 Å². The highest BCUT2D eigenvalue weighted by atomic mass is 35.5. The third kappa shape index (κ3) is 3.67. The summed E-state index contributed by atoms with van der Waals surface area (Å²) < 4.78 is 18.0. The first-order valence-electron chi connectivity index (χ1n) is 6.30. The summed E-state index contributed by atoms with van der Waals surface area (Å²) in [4.78, 5) is 13.6. The van der Waals surface area contributed by atoms with Gasteiger partial charge in [0, 0.05) is 26.6 Å². The Morgan fingerprint density at radius 1 is 1.53 bits per heavy atom. The molecule has 0 saturated carbocycles. The second-order valence-electron chi connectivity index (χ2n) is 4.86. The van der Waals surface area contributed by atoms with Gasteiger partial charge in [0.05, 0.1) is 11.6 Å². The molecule has 0 aromatic heterocycles. The van der Waals surface area contributed by atoms with Gasteiger partial charge in [-0.2, -0.15) is 0 Å². The number of hydrogen-bond donors (Lipinski definition) is 0. The molecule has 0 N–H and O–H groups in total. The molecule has 104 valence electrons. The van der Waals surface area contributed by atoms with Gasteiger partial charge in [0.25, 0.3) is 0 Å². The van der Waals surface area contributed by atoms with Gasteiger partial charge in [0.2, 0.25) is 5.91 Å². The van der Waals surface area contributed by atoms with Crippen LogP contribution in [0, 0.1) is 11.7 Å². The molecule has 1 heterocycles. The largest absolute Gasteiger partial charge is 0.383 e. The predicted octanol–water partition coefficient (Wildman–Crippen LogP) is 2.52. The average Bonchev–Trinajstić information content (AvgIpc) is 2.72. The number of rotatable bonds is 5. The zero-order valence-corrected chi connectivity index (χ0v) is 11.6. The van der Waals surface area contributed by atoms with Gasteiger partial charge in [-0.3, -0.25) is 4.79 Å². The van der Waals surface area contributed by atoms with Gasteiger partial charge in [-0.15, -0.1) is 0 Å². The van der Waals surface area contributed by atoms with Gasteiger partial charge in [0.15, 0.2) is 0 Å². The maximum absolute atomic E-state index is 13.1. The van der Waals surface area contributed by atoms with Gasteiger partial charge < -0.3 is 9.64 Å². The minimum absolute atomic E-state index is 0.137. The summed E-state index contributed by atoms with van der Waals surface area (Å²) in [5.41, 5.74) is 0.970. The van der Waals surface area contributed by atoms with Gasteiger partial charge in [-0.05, 0) is 30.0 Å². The van der Waals surface area contributed by atoms with E-state index in [2.05, 4.69) is 0 Å². The first-order valence-corrected chi connectivity index (χ1v) is 6.68. The normalized spacial score (nSPS) is 19.2. The summed E-state index contributed by atoms with van der Waals surface area (Å²) in [6.45, 7) is 1.92. The van der Waals surface area contributed by atoms with E-state index in [0.29, 0.717) is 19.6 Å². The Hall–Kier alpha value is -1.13. The van der Waals surface area contributed by atoms with Crippen molar-refractivity contribution in [3.8, 4) is 0 Å². The Morgan fingerprint density at radius 3 is 3.00 bits per heavy atom. The molecular weight excluding hydrogens is 269 g/mol. The van der Waals surface area contributed by atoms with E-state index in [4.69, 9.17) is 16.3 Å². The number of ether oxygens (including phenoxy) is 1. The van der Waals surface area contributed by atoms with Gasteiger partial charge in [-0.1, -0.05) is 17.7 Å². The lowest BCUT2D eigenvalue weighted by molar-refractivity contribution is -0.128. The molecule has 1 unspecified atom stereocenters. The quantitative estimate of drug-likeness (QED) is 0.832. The molecule has 1 aliphatic rings. The van der Waals surface area contributed by atoms with Crippen molar-refractivity contribution >= 4 is 17.5 Å². The van der Waals surface area contributed by atoms with Crippen LogP contribution in [-0.4, -0.2) is 37.6 Å². The maximum Gasteiger partial charge on any atom is 0.223 e. The van der Waals surface area contributed by atoms with Crippen molar-refractivity contribution in [3.63, 3.8) is 0 Å². The van der Waals surface area contributed by atoms with Gasteiger partial charge in [0.1, 0.15) is 5.82 Å². The summed E-state index contributed by atoms with van der Waals surface area (Å²) in [6, 6.07) is 4.74. The van der Waals surface area contributed by atoms with Crippen molar-refractivity contribution in [2.75, 3.05) is 26.8 Å². The van der Waals surface area contributed by atoms with Crippen molar-refractivity contribution in [1.29, 1.82) is 0 Å². The zero-order valence-electron chi connectivity index (χ0n) is 10.9. The lowest BCUT2D eigenvalue weighted by Gasteiger charge is -2.16. The summed E-state index contributed by atoms with van der Waals surface area (Å²) >= 11 is 5.76. The number of hydrogen-bond acceptors (Lipinski definition) is 2. The van der Waals surface area contributed by atoms with Crippen LogP contribution in [-0.2, 0) is 16.0 Å². The summed E-state index contributed by atoms with van der Waals surface area (Å²) in [5, 5.41) is 0.137. The standard InChI is InChI=1S/C14H17ClFNO2/c1-19-5-4-17-9-11(8-14(17)18)6-10-2-3-13(16)12(15)7-10/h2-3,7,11H,4-6,8-9H2,1H3. The molecule has 5 heteroatoms. The summed E-state index contributed by atoms with van der Waals surface area (Å²) in [6.07, 6.45) is 1.29. The molecule has 1 aromatic rings. The van der Waals surface area contributed by atoms with E-state index in [1.165, 1.54) is 6.07 Å². The molecule has 0 spiro atoms. The molecule has 2 rings (SSSR count). The van der Waals surface area contributed by atoms with E-state index in [0.717, 1.165) is 18.5 Å². The van der Waals surface area contributed by atoms with Gasteiger partial charge in [-0.25, -0.2) is 4.39 Å². The van der Waals surface area contributed by atoms with Crippen molar-refractivity contribution in [2.45, 2.75) is 12.8 Å². The molecule has 19 heavy (non-hydrogen) atoms. The molecule has 1 saturated heterocycles. The molecule has 0 bridgehead atoms. The minimum Gasteiger partial charge on any atom is -0.383 e. The van der Waals surface area contributed by atoms with Crippen molar-refractivity contribution in [1.82, 2.24) is 4.90 Å². The fraction of sp³-hybridized carbons (Fsp3) is 0.500. The van der Waals surface area contributed by atoms with Crippen LogP contribution in [0.15, 0.2) is 18.2 Å². The Balaban J connectivity index is 1.93. The molecule has 1 aliphatic heterocycles. The number of carbonyl (C=O) groups excluding carboxylic acids is 1. The van der Waals surface area contributed by atoms with E-state index in [-0.39, 0.29) is 16.8 Å². The molecule has 1 aromatic carbocycles. The summed E-state index contributed by atoms with van der Waals surface area (Å²) in [7, 11) is 1.62. The average molecular weight is 286 g/mol. The monoisotopic (exact) mass is 285 g/mol. The van der Waals surface area contributed by atoms with Crippen LogP contribution in [0.4, 0.5) is 4.39 Å². The first kappa shape index (κ1) is 14.3. The van der Waals surface area contributed by atoms with Crippen LogP contribution >= 0.6 is 11.6 Å². The van der Waals surface area contributed by atoms with Crippen LogP contribution in [0.25, 0.3) is 0 Å². The first-order chi connectivity index (χ1) is 9.10. The highest BCUT2D eigenvalue weighted by molar-refractivity contribution is 6.30. The fourth-order valence-electron chi connectivity index (χ4n) is 2.41. The van der Waals surface area contributed by atoms with Crippen LogP contribution < -0.4 is 0 Å². The molecular formula is C14H17ClFNO2. The van der Waals surface area contributed by atoms with Crippen LogP contribution in [0.2, 0.25) is 5.02 Å². The molecule has 3 nitrogen and oxygen atoms in total. The van der Waals surface area contributed by atoms with E-state index in [9.17, 15) is 9.18 Å². The number of likely N-dealkylation sites (tertiary alicyclic amines) is 1. The van der Waals surface area contributed by atoms with E-state index < -0.39 is 5.82 Å². The van der Waals surface area contributed by atoms with Crippen LogP contribution in [0.3, 0.4) is 0 Å². The smallest absolute Gasteiger partial charge is 0.223 e. The van der Waals surface area contributed by atoms with Gasteiger partial charge >= 0.3 is 0 Å².